The predicted octanol–water partition coefficient (Wildman–Crippen LogP) is 3.04. The minimum atomic E-state index is -4.27. The van der Waals surface area contributed by atoms with Crippen molar-refractivity contribution in [2.75, 3.05) is 45.9 Å². The molecule has 0 aliphatic carbocycles. The lowest BCUT2D eigenvalue weighted by atomic mass is 10.1. The van der Waals surface area contributed by atoms with Gasteiger partial charge in [0, 0.05) is 39.3 Å². The number of nitrogens with one attached hydrogen (secondary N) is 1. The van der Waals surface area contributed by atoms with Crippen LogP contribution in [0.5, 0.6) is 0 Å². The Balaban J connectivity index is 1.62. The van der Waals surface area contributed by atoms with Crippen LogP contribution in [0.4, 0.5) is 18.0 Å². The van der Waals surface area contributed by atoms with Crippen molar-refractivity contribution in [2.24, 2.45) is 0 Å². The van der Waals surface area contributed by atoms with Gasteiger partial charge in [0.25, 0.3) is 0 Å². The molecule has 2 rings (SSSR count). The average molecular weight is 373 g/mol. The van der Waals surface area contributed by atoms with Crippen LogP contribution in [0.3, 0.4) is 0 Å². The minimum Gasteiger partial charge on any atom is -0.372 e. The number of ether oxygens (including phenoxy) is 1. The smallest absolute Gasteiger partial charge is 0.372 e. The summed E-state index contributed by atoms with van der Waals surface area (Å²) in [6, 6.07) is 9.62. The van der Waals surface area contributed by atoms with E-state index in [0.717, 1.165) is 5.56 Å². The van der Waals surface area contributed by atoms with Gasteiger partial charge in [-0.15, -0.1) is 0 Å². The molecule has 1 aromatic rings. The molecule has 5 nitrogen and oxygen atoms in total. The number of nitrogens with zero attached hydrogens (tertiary/aromatic N) is 2. The van der Waals surface area contributed by atoms with E-state index in [4.69, 9.17) is 0 Å². The third kappa shape index (κ3) is 7.21. The first kappa shape index (κ1) is 20.5. The van der Waals surface area contributed by atoms with Gasteiger partial charge in [-0.25, -0.2) is 4.79 Å². The molecule has 1 heterocycles. The van der Waals surface area contributed by atoms with Crippen molar-refractivity contribution in [1.82, 2.24) is 15.1 Å². The Morgan fingerprint density at radius 2 is 1.85 bits per heavy atom. The summed E-state index contributed by atoms with van der Waals surface area (Å²) in [5.41, 5.74) is 1.05. The van der Waals surface area contributed by atoms with Crippen LogP contribution < -0.4 is 5.32 Å². The lowest BCUT2D eigenvalue weighted by Crippen LogP contribution is -2.52. The zero-order valence-corrected chi connectivity index (χ0v) is 15.0. The van der Waals surface area contributed by atoms with Gasteiger partial charge in [0.2, 0.25) is 0 Å². The van der Waals surface area contributed by atoms with E-state index in [1.807, 2.05) is 37.3 Å². The van der Waals surface area contributed by atoms with Gasteiger partial charge in [-0.3, -0.25) is 4.90 Å². The van der Waals surface area contributed by atoms with Crippen molar-refractivity contribution in [3.8, 4) is 0 Å². The number of benzene rings is 1. The molecule has 1 saturated heterocycles. The van der Waals surface area contributed by atoms with Crippen molar-refractivity contribution in [2.45, 2.75) is 25.6 Å². The van der Waals surface area contributed by atoms with Crippen LogP contribution in [0.25, 0.3) is 0 Å². The number of carbonyl (C=O) groups is 1. The van der Waals surface area contributed by atoms with E-state index in [9.17, 15) is 18.0 Å². The van der Waals surface area contributed by atoms with Crippen LogP contribution >= 0.6 is 0 Å². The standard InChI is InChI=1S/C18H26F3N3O2/c1-15(16-6-3-2-4-7-16)22-17(25)24-11-9-23(10-12-24)8-5-13-26-14-18(19,20)21/h2-4,6-7,15H,5,8-14H2,1H3,(H,22,25). The Kier molecular flexibility index (Phi) is 7.71. The monoisotopic (exact) mass is 373 g/mol. The summed E-state index contributed by atoms with van der Waals surface area (Å²) < 4.78 is 40.5. The lowest BCUT2D eigenvalue weighted by Gasteiger charge is -2.35. The van der Waals surface area contributed by atoms with Crippen LogP contribution in [0.15, 0.2) is 30.3 Å². The van der Waals surface area contributed by atoms with E-state index in [-0.39, 0.29) is 18.7 Å². The van der Waals surface area contributed by atoms with E-state index in [1.54, 1.807) is 4.90 Å². The molecular formula is C18H26F3N3O2. The number of halogens is 3. The summed E-state index contributed by atoms with van der Waals surface area (Å²) in [6.07, 6.45) is -3.72. The van der Waals surface area contributed by atoms with Gasteiger partial charge in [0.05, 0.1) is 6.04 Å². The maximum Gasteiger partial charge on any atom is 0.411 e. The quantitative estimate of drug-likeness (QED) is 0.748. The van der Waals surface area contributed by atoms with Crippen LogP contribution in [0.2, 0.25) is 0 Å². The van der Waals surface area contributed by atoms with E-state index in [1.165, 1.54) is 0 Å². The molecule has 146 valence electrons. The van der Waals surface area contributed by atoms with Gasteiger partial charge in [0.1, 0.15) is 6.61 Å². The maximum atomic E-state index is 12.4. The fraction of sp³-hybridized carbons (Fsp3) is 0.611. The molecular weight excluding hydrogens is 347 g/mol. The van der Waals surface area contributed by atoms with Crippen LogP contribution in [0.1, 0.15) is 24.9 Å². The number of piperazine rings is 1. The Labute approximate surface area is 152 Å². The summed E-state index contributed by atoms with van der Waals surface area (Å²) in [7, 11) is 0. The summed E-state index contributed by atoms with van der Waals surface area (Å²) in [4.78, 5) is 16.3. The van der Waals surface area contributed by atoms with E-state index in [0.29, 0.717) is 39.1 Å². The molecule has 0 bridgehead atoms. The van der Waals surface area contributed by atoms with Crippen molar-refractivity contribution in [3.05, 3.63) is 35.9 Å². The number of rotatable bonds is 7. The molecule has 2 amide bonds. The highest BCUT2D eigenvalue weighted by atomic mass is 19.4. The fourth-order valence-electron chi connectivity index (χ4n) is 2.85. The van der Waals surface area contributed by atoms with Gasteiger partial charge < -0.3 is 15.0 Å². The highest BCUT2D eigenvalue weighted by Gasteiger charge is 2.27. The van der Waals surface area contributed by atoms with E-state index < -0.39 is 12.8 Å². The molecule has 0 saturated carbocycles. The second kappa shape index (κ2) is 9.78. The number of hydrogen-bond donors (Lipinski definition) is 1. The molecule has 1 aliphatic heterocycles. The summed E-state index contributed by atoms with van der Waals surface area (Å²) in [6.45, 7) is 4.17. The Morgan fingerprint density at radius 1 is 1.19 bits per heavy atom. The molecule has 0 aromatic heterocycles. The largest absolute Gasteiger partial charge is 0.411 e. The molecule has 1 N–H and O–H groups in total. The van der Waals surface area contributed by atoms with Crippen molar-refractivity contribution in [1.29, 1.82) is 0 Å². The number of hydrogen-bond acceptors (Lipinski definition) is 3. The Morgan fingerprint density at radius 3 is 2.46 bits per heavy atom. The minimum absolute atomic E-state index is 0.0625. The third-order valence-electron chi connectivity index (χ3n) is 4.33. The molecule has 1 aromatic carbocycles. The molecule has 0 radical (unpaired) electrons. The number of urea groups is 1. The second-order valence-electron chi connectivity index (χ2n) is 6.43. The number of amides is 2. The fourth-order valence-corrected chi connectivity index (χ4v) is 2.85. The number of carbonyl (C=O) groups excluding carboxylic acids is 1. The Hall–Kier alpha value is -1.80. The van der Waals surface area contributed by atoms with Crippen LogP contribution in [-0.4, -0.2) is 67.9 Å². The van der Waals surface area contributed by atoms with E-state index in [2.05, 4.69) is 15.0 Å². The number of alkyl halides is 3. The zero-order chi connectivity index (χ0) is 19.0. The van der Waals surface area contributed by atoms with Crippen molar-refractivity contribution >= 4 is 6.03 Å². The van der Waals surface area contributed by atoms with Crippen molar-refractivity contribution in [3.63, 3.8) is 0 Å². The normalized spacial score (nSPS) is 17.2. The van der Waals surface area contributed by atoms with Crippen LogP contribution in [0, 0.1) is 0 Å². The first-order chi connectivity index (χ1) is 12.3. The van der Waals surface area contributed by atoms with Gasteiger partial charge in [-0.05, 0) is 18.9 Å². The first-order valence-corrected chi connectivity index (χ1v) is 8.82. The van der Waals surface area contributed by atoms with Gasteiger partial charge in [-0.2, -0.15) is 13.2 Å². The summed E-state index contributed by atoms with van der Waals surface area (Å²) in [5.74, 6) is 0. The average Bonchev–Trinajstić information content (AvgIpc) is 2.61. The maximum absolute atomic E-state index is 12.4. The zero-order valence-electron chi connectivity index (χ0n) is 15.0. The molecule has 1 unspecified atom stereocenters. The highest BCUT2D eigenvalue weighted by Crippen LogP contribution is 2.15. The second-order valence-corrected chi connectivity index (χ2v) is 6.43. The Bertz CT molecular complexity index is 546. The van der Waals surface area contributed by atoms with Crippen LogP contribution in [-0.2, 0) is 4.74 Å². The highest BCUT2D eigenvalue weighted by molar-refractivity contribution is 5.74. The van der Waals surface area contributed by atoms with E-state index >= 15 is 0 Å². The topological polar surface area (TPSA) is 44.8 Å². The molecule has 0 spiro atoms. The molecule has 26 heavy (non-hydrogen) atoms. The first-order valence-electron chi connectivity index (χ1n) is 8.82. The summed E-state index contributed by atoms with van der Waals surface area (Å²) >= 11 is 0. The lowest BCUT2D eigenvalue weighted by molar-refractivity contribution is -0.174. The summed E-state index contributed by atoms with van der Waals surface area (Å²) in [5, 5.41) is 3.00. The predicted molar refractivity (Wildman–Crippen MR) is 92.9 cm³/mol. The molecule has 1 atom stereocenters. The van der Waals surface area contributed by atoms with Gasteiger partial charge in [-0.1, -0.05) is 30.3 Å². The van der Waals surface area contributed by atoms with Gasteiger partial charge >= 0.3 is 12.2 Å². The SMILES string of the molecule is CC(NC(=O)N1CCN(CCCOCC(F)(F)F)CC1)c1ccccc1. The van der Waals surface area contributed by atoms with Crippen molar-refractivity contribution < 1.29 is 22.7 Å². The molecule has 1 aliphatic rings. The van der Waals surface area contributed by atoms with Gasteiger partial charge in [0.15, 0.2) is 0 Å². The molecule has 1 fully saturated rings. The molecule has 8 heteroatoms. The third-order valence-corrected chi connectivity index (χ3v) is 4.33.